The molecule has 0 spiro atoms. The molecule has 0 aliphatic carbocycles. The summed E-state index contributed by atoms with van der Waals surface area (Å²) in [5.41, 5.74) is 4.39. The quantitative estimate of drug-likeness (QED) is 0.335. The van der Waals surface area contributed by atoms with Crippen LogP contribution in [0.3, 0.4) is 0 Å². The summed E-state index contributed by atoms with van der Waals surface area (Å²) in [6.07, 6.45) is 1.62. The lowest BCUT2D eigenvalue weighted by Gasteiger charge is -2.16. The molecular formula is C28H26N2O4. The molecule has 0 unspecified atom stereocenters. The first-order valence-electron chi connectivity index (χ1n) is 11.1. The Morgan fingerprint density at radius 1 is 0.971 bits per heavy atom. The molecule has 0 atom stereocenters. The number of oxazole rings is 1. The molecule has 0 aliphatic heterocycles. The smallest absolute Gasteiger partial charge is 0.339 e. The van der Waals surface area contributed by atoms with E-state index >= 15 is 0 Å². The van der Waals surface area contributed by atoms with Crippen molar-refractivity contribution in [2.45, 2.75) is 26.7 Å². The predicted molar refractivity (Wildman–Crippen MR) is 132 cm³/mol. The second-order valence-electron chi connectivity index (χ2n) is 8.26. The Morgan fingerprint density at radius 3 is 2.47 bits per heavy atom. The summed E-state index contributed by atoms with van der Waals surface area (Å²) in [6.45, 7) is 5.66. The number of esters is 1. The van der Waals surface area contributed by atoms with Gasteiger partial charge >= 0.3 is 5.97 Å². The van der Waals surface area contributed by atoms with Gasteiger partial charge in [0.15, 0.2) is 12.4 Å². The van der Waals surface area contributed by atoms with Crippen LogP contribution in [0.25, 0.3) is 22.8 Å². The molecule has 0 saturated carbocycles. The number of aromatic nitrogens is 1. The lowest BCUT2D eigenvalue weighted by atomic mass is 9.98. The fourth-order valence-electron chi connectivity index (χ4n) is 3.71. The average molecular weight is 455 g/mol. The SMILES string of the molecule is Cc1cccc(C(C)C)c1NC(=O)COC(=O)c1ccccc1-c1ncc(-c2ccccc2)o1. The first-order chi connectivity index (χ1) is 16.4. The summed E-state index contributed by atoms with van der Waals surface area (Å²) in [4.78, 5) is 29.8. The highest BCUT2D eigenvalue weighted by Crippen LogP contribution is 2.29. The van der Waals surface area contributed by atoms with Gasteiger partial charge in [0.2, 0.25) is 5.89 Å². The Bertz CT molecular complexity index is 1310. The highest BCUT2D eigenvalue weighted by molar-refractivity contribution is 5.99. The Kier molecular flexibility index (Phi) is 6.87. The highest BCUT2D eigenvalue weighted by atomic mass is 16.5. The van der Waals surface area contributed by atoms with Crippen LogP contribution in [0.2, 0.25) is 0 Å². The third kappa shape index (κ3) is 5.07. The first-order valence-corrected chi connectivity index (χ1v) is 11.1. The minimum Gasteiger partial charge on any atom is -0.452 e. The first kappa shape index (κ1) is 23.0. The average Bonchev–Trinajstić information content (AvgIpc) is 3.34. The fraction of sp³-hybridized carbons (Fsp3) is 0.179. The molecule has 1 heterocycles. The van der Waals surface area contributed by atoms with Gasteiger partial charge in [-0.3, -0.25) is 4.79 Å². The van der Waals surface area contributed by atoms with Crippen LogP contribution in [-0.4, -0.2) is 23.5 Å². The summed E-state index contributed by atoms with van der Waals surface area (Å²) in [6, 6.07) is 22.3. The summed E-state index contributed by atoms with van der Waals surface area (Å²) >= 11 is 0. The second-order valence-corrected chi connectivity index (χ2v) is 8.26. The number of ether oxygens (including phenoxy) is 1. The number of hydrogen-bond donors (Lipinski definition) is 1. The molecule has 0 fully saturated rings. The largest absolute Gasteiger partial charge is 0.452 e. The summed E-state index contributed by atoms with van der Waals surface area (Å²) < 4.78 is 11.2. The molecule has 4 aromatic rings. The van der Waals surface area contributed by atoms with E-state index in [9.17, 15) is 9.59 Å². The molecule has 6 heteroatoms. The van der Waals surface area contributed by atoms with Crippen LogP contribution in [-0.2, 0) is 9.53 Å². The maximum atomic E-state index is 12.8. The molecule has 172 valence electrons. The van der Waals surface area contributed by atoms with Gasteiger partial charge in [-0.15, -0.1) is 0 Å². The Labute approximate surface area is 198 Å². The van der Waals surface area contributed by atoms with E-state index in [0.717, 1.165) is 22.4 Å². The van der Waals surface area contributed by atoms with Crippen LogP contribution in [0.5, 0.6) is 0 Å². The van der Waals surface area contributed by atoms with Gasteiger partial charge in [-0.1, -0.05) is 74.5 Å². The molecule has 34 heavy (non-hydrogen) atoms. The van der Waals surface area contributed by atoms with Gasteiger partial charge in [0.1, 0.15) is 0 Å². The molecule has 4 rings (SSSR count). The normalized spacial score (nSPS) is 10.8. The van der Waals surface area contributed by atoms with E-state index in [-0.39, 0.29) is 11.5 Å². The van der Waals surface area contributed by atoms with Gasteiger partial charge in [0, 0.05) is 11.3 Å². The lowest BCUT2D eigenvalue weighted by molar-refractivity contribution is -0.119. The summed E-state index contributed by atoms with van der Waals surface area (Å²) in [5, 5.41) is 2.89. The van der Waals surface area contributed by atoms with E-state index in [0.29, 0.717) is 17.2 Å². The topological polar surface area (TPSA) is 81.4 Å². The van der Waals surface area contributed by atoms with Crippen molar-refractivity contribution < 1.29 is 18.7 Å². The van der Waals surface area contributed by atoms with Gasteiger partial charge in [0.25, 0.3) is 5.91 Å². The minimum absolute atomic E-state index is 0.242. The minimum atomic E-state index is -0.626. The van der Waals surface area contributed by atoms with Gasteiger partial charge in [-0.05, 0) is 36.1 Å². The van der Waals surface area contributed by atoms with E-state index in [2.05, 4.69) is 24.1 Å². The number of amides is 1. The van der Waals surface area contributed by atoms with Crippen LogP contribution in [0.15, 0.2) is 83.4 Å². The Hall–Kier alpha value is -4.19. The number of carbonyl (C=O) groups is 2. The molecule has 0 aliphatic rings. The van der Waals surface area contributed by atoms with Gasteiger partial charge < -0.3 is 14.5 Å². The molecule has 0 bridgehead atoms. The van der Waals surface area contributed by atoms with Crippen molar-refractivity contribution in [1.82, 2.24) is 4.98 Å². The van der Waals surface area contributed by atoms with Gasteiger partial charge in [-0.25, -0.2) is 9.78 Å². The molecule has 1 N–H and O–H groups in total. The zero-order valence-corrected chi connectivity index (χ0v) is 19.4. The molecule has 0 saturated heterocycles. The zero-order valence-electron chi connectivity index (χ0n) is 19.4. The van der Waals surface area contributed by atoms with E-state index in [4.69, 9.17) is 9.15 Å². The van der Waals surface area contributed by atoms with Crippen LogP contribution in [0.4, 0.5) is 5.69 Å². The number of anilines is 1. The predicted octanol–water partition coefficient (Wildman–Crippen LogP) is 6.24. The second kappa shape index (κ2) is 10.2. The van der Waals surface area contributed by atoms with Crippen molar-refractivity contribution in [3.63, 3.8) is 0 Å². The molecule has 3 aromatic carbocycles. The van der Waals surface area contributed by atoms with Crippen molar-refractivity contribution in [1.29, 1.82) is 0 Å². The van der Waals surface area contributed by atoms with Gasteiger partial charge in [-0.2, -0.15) is 0 Å². The Balaban J connectivity index is 1.47. The van der Waals surface area contributed by atoms with Crippen molar-refractivity contribution >= 4 is 17.6 Å². The van der Waals surface area contributed by atoms with Crippen molar-refractivity contribution in [2.24, 2.45) is 0 Å². The monoisotopic (exact) mass is 454 g/mol. The summed E-state index contributed by atoms with van der Waals surface area (Å²) in [5.74, 6) is 0.115. The zero-order chi connectivity index (χ0) is 24.1. The highest BCUT2D eigenvalue weighted by Gasteiger charge is 2.20. The van der Waals surface area contributed by atoms with Crippen LogP contribution < -0.4 is 5.32 Å². The third-order valence-corrected chi connectivity index (χ3v) is 5.47. The van der Waals surface area contributed by atoms with Crippen molar-refractivity contribution in [3.05, 3.63) is 95.7 Å². The van der Waals surface area contributed by atoms with E-state index < -0.39 is 18.5 Å². The molecule has 0 radical (unpaired) electrons. The number of hydrogen-bond acceptors (Lipinski definition) is 5. The maximum Gasteiger partial charge on any atom is 0.339 e. The van der Waals surface area contributed by atoms with Crippen LogP contribution in [0.1, 0.15) is 41.3 Å². The maximum absolute atomic E-state index is 12.8. The van der Waals surface area contributed by atoms with Gasteiger partial charge in [0.05, 0.1) is 17.3 Å². The molecular weight excluding hydrogens is 428 g/mol. The number of aryl methyl sites for hydroxylation is 1. The fourth-order valence-corrected chi connectivity index (χ4v) is 3.71. The van der Waals surface area contributed by atoms with Crippen LogP contribution >= 0.6 is 0 Å². The van der Waals surface area contributed by atoms with Crippen LogP contribution in [0, 0.1) is 6.92 Å². The third-order valence-electron chi connectivity index (χ3n) is 5.47. The molecule has 1 amide bonds. The van der Waals surface area contributed by atoms with Crippen molar-refractivity contribution in [2.75, 3.05) is 11.9 Å². The lowest BCUT2D eigenvalue weighted by Crippen LogP contribution is -2.22. The number of carbonyl (C=O) groups excluding carboxylic acids is 2. The molecule has 6 nitrogen and oxygen atoms in total. The standard InChI is InChI=1S/C28H26N2O4/c1-18(2)21-15-9-10-19(3)26(21)30-25(31)17-33-28(32)23-14-8-7-13-22(23)27-29-16-24(34-27)20-11-5-4-6-12-20/h4-16,18H,17H2,1-3H3,(H,30,31). The van der Waals surface area contributed by atoms with Crippen molar-refractivity contribution in [3.8, 4) is 22.8 Å². The van der Waals surface area contributed by atoms with E-state index in [1.54, 1.807) is 30.5 Å². The van der Waals surface area contributed by atoms with E-state index in [1.807, 2.05) is 55.5 Å². The molecule has 1 aromatic heterocycles. The number of para-hydroxylation sites is 1. The Morgan fingerprint density at radius 2 is 1.71 bits per heavy atom. The summed E-state index contributed by atoms with van der Waals surface area (Å²) in [7, 11) is 0. The number of nitrogens with one attached hydrogen (secondary N) is 1. The van der Waals surface area contributed by atoms with E-state index in [1.165, 1.54) is 0 Å². The number of benzene rings is 3. The number of rotatable bonds is 7. The number of nitrogens with zero attached hydrogens (tertiary/aromatic N) is 1.